The summed E-state index contributed by atoms with van der Waals surface area (Å²) in [4.78, 5) is 26.8. The first-order valence-electron chi connectivity index (χ1n) is 11.6. The molecule has 0 bridgehead atoms. The van der Waals surface area contributed by atoms with Gasteiger partial charge in [0.1, 0.15) is 11.6 Å². The molecule has 0 fully saturated rings. The molecule has 3 aromatic rings. The Labute approximate surface area is 211 Å². The van der Waals surface area contributed by atoms with E-state index in [0.717, 1.165) is 18.2 Å². The van der Waals surface area contributed by atoms with Gasteiger partial charge < -0.3 is 15.2 Å². The zero-order valence-corrected chi connectivity index (χ0v) is 20.0. The molecule has 196 valence electrons. The van der Waals surface area contributed by atoms with E-state index >= 15 is 0 Å². The lowest BCUT2D eigenvalue weighted by Gasteiger charge is -2.14. The predicted octanol–water partition coefficient (Wildman–Crippen LogP) is 5.76. The van der Waals surface area contributed by atoms with Gasteiger partial charge in [-0.05, 0) is 60.7 Å². The lowest BCUT2D eigenvalue weighted by molar-refractivity contribution is -0.138. The summed E-state index contributed by atoms with van der Waals surface area (Å²) in [6.07, 6.45) is -2.05. The van der Waals surface area contributed by atoms with Crippen molar-refractivity contribution in [1.82, 2.24) is 10.3 Å². The van der Waals surface area contributed by atoms with E-state index in [1.54, 1.807) is 18.2 Å². The molecule has 0 spiro atoms. The van der Waals surface area contributed by atoms with E-state index in [-0.39, 0.29) is 24.4 Å². The average molecular weight is 519 g/mol. The highest BCUT2D eigenvalue weighted by molar-refractivity contribution is 5.94. The number of rotatable bonds is 11. The molecule has 2 aromatic carbocycles. The fourth-order valence-corrected chi connectivity index (χ4v) is 3.47. The smallest absolute Gasteiger partial charge is 0.416 e. The molecule has 1 unspecified atom stereocenters. The third kappa shape index (κ3) is 8.30. The van der Waals surface area contributed by atoms with Crippen LogP contribution in [-0.2, 0) is 17.4 Å². The van der Waals surface area contributed by atoms with Gasteiger partial charge in [-0.15, -0.1) is 0 Å². The normalized spacial score (nSPS) is 12.1. The van der Waals surface area contributed by atoms with E-state index in [4.69, 9.17) is 9.84 Å². The van der Waals surface area contributed by atoms with Crippen molar-refractivity contribution in [2.75, 3.05) is 13.2 Å². The predicted molar refractivity (Wildman–Crippen MR) is 129 cm³/mol. The summed E-state index contributed by atoms with van der Waals surface area (Å²) in [5.41, 5.74) is 0.925. The zero-order valence-electron chi connectivity index (χ0n) is 20.0. The third-order valence-electron chi connectivity index (χ3n) is 5.63. The number of nitrogens with zero attached hydrogens (tertiary/aromatic N) is 1. The summed E-state index contributed by atoms with van der Waals surface area (Å²) in [7, 11) is 0. The summed E-state index contributed by atoms with van der Waals surface area (Å²) < 4.78 is 58.4. The van der Waals surface area contributed by atoms with Crippen molar-refractivity contribution in [3.8, 4) is 17.0 Å². The minimum absolute atomic E-state index is 0.0393. The summed E-state index contributed by atoms with van der Waals surface area (Å²) in [6.45, 7) is 2.27. The first kappa shape index (κ1) is 27.6. The Hall–Kier alpha value is -3.95. The van der Waals surface area contributed by atoms with E-state index in [1.165, 1.54) is 24.4 Å². The average Bonchev–Trinajstić information content (AvgIpc) is 2.86. The maximum Gasteiger partial charge on any atom is 0.416 e. The van der Waals surface area contributed by atoms with Crippen molar-refractivity contribution in [3.63, 3.8) is 0 Å². The van der Waals surface area contributed by atoms with Crippen LogP contribution in [-0.4, -0.2) is 35.1 Å². The van der Waals surface area contributed by atoms with Crippen molar-refractivity contribution in [1.29, 1.82) is 0 Å². The molecular weight excluding hydrogens is 492 g/mol. The fourth-order valence-electron chi connectivity index (χ4n) is 3.47. The molecule has 6 nitrogen and oxygen atoms in total. The number of ether oxygens (including phenoxy) is 1. The molecule has 0 aliphatic rings. The van der Waals surface area contributed by atoms with Gasteiger partial charge in [0.25, 0.3) is 5.91 Å². The molecule has 0 saturated heterocycles. The van der Waals surface area contributed by atoms with Gasteiger partial charge in [0.2, 0.25) is 0 Å². The number of nitrogens with one attached hydrogen (secondary N) is 1. The third-order valence-corrected chi connectivity index (χ3v) is 5.63. The number of carboxylic acid groups (broad SMARTS) is 1. The highest BCUT2D eigenvalue weighted by atomic mass is 19.4. The fraction of sp³-hybridized carbons (Fsp3) is 0.296. The highest BCUT2D eigenvalue weighted by Gasteiger charge is 2.30. The minimum Gasteiger partial charge on any atom is -0.492 e. The van der Waals surface area contributed by atoms with E-state index in [9.17, 15) is 27.2 Å². The van der Waals surface area contributed by atoms with Gasteiger partial charge in [0.05, 0.1) is 30.5 Å². The molecule has 0 saturated carbocycles. The number of carbonyl (C=O) groups excluding carboxylic acids is 1. The molecular formula is C27H26F4N2O4. The van der Waals surface area contributed by atoms with E-state index < -0.39 is 29.4 Å². The van der Waals surface area contributed by atoms with Crippen LogP contribution in [0.15, 0.2) is 60.8 Å². The highest BCUT2D eigenvalue weighted by Crippen LogP contribution is 2.30. The van der Waals surface area contributed by atoms with E-state index in [0.29, 0.717) is 42.0 Å². The summed E-state index contributed by atoms with van der Waals surface area (Å²) >= 11 is 0. The van der Waals surface area contributed by atoms with Crippen LogP contribution in [0.25, 0.3) is 11.3 Å². The van der Waals surface area contributed by atoms with Gasteiger partial charge in [0.15, 0.2) is 0 Å². The molecule has 0 radical (unpaired) electrons. The summed E-state index contributed by atoms with van der Waals surface area (Å²) in [6, 6.07) is 12.3. The number of aliphatic carboxylic acids is 1. The van der Waals surface area contributed by atoms with Crippen molar-refractivity contribution in [3.05, 3.63) is 83.3 Å². The largest absolute Gasteiger partial charge is 0.492 e. The minimum atomic E-state index is -4.39. The Morgan fingerprint density at radius 2 is 1.81 bits per heavy atom. The number of aromatic nitrogens is 1. The molecule has 1 atom stereocenters. The number of hydrogen-bond acceptors (Lipinski definition) is 4. The second-order valence-corrected chi connectivity index (χ2v) is 8.61. The molecule has 2 N–H and O–H groups in total. The Kier molecular flexibility index (Phi) is 9.21. The topological polar surface area (TPSA) is 88.5 Å². The molecule has 1 aromatic heterocycles. The maximum atomic E-state index is 14.5. The number of halogens is 4. The van der Waals surface area contributed by atoms with E-state index in [1.807, 2.05) is 6.92 Å². The van der Waals surface area contributed by atoms with Gasteiger partial charge >= 0.3 is 12.1 Å². The quantitative estimate of drug-likeness (QED) is 0.315. The number of aryl methyl sites for hydroxylation is 1. The molecule has 1 heterocycles. The number of carboxylic acids is 1. The van der Waals surface area contributed by atoms with Gasteiger partial charge in [0, 0.05) is 17.7 Å². The maximum absolute atomic E-state index is 14.5. The Morgan fingerprint density at radius 3 is 2.41 bits per heavy atom. The monoisotopic (exact) mass is 518 g/mol. The van der Waals surface area contributed by atoms with Crippen molar-refractivity contribution in [2.24, 2.45) is 5.92 Å². The number of amides is 1. The van der Waals surface area contributed by atoms with Crippen LogP contribution < -0.4 is 10.1 Å². The van der Waals surface area contributed by atoms with Crippen LogP contribution >= 0.6 is 0 Å². The van der Waals surface area contributed by atoms with Crippen LogP contribution in [0.4, 0.5) is 17.6 Å². The zero-order chi connectivity index (χ0) is 27.0. The lowest BCUT2D eigenvalue weighted by atomic mass is 10.00. The van der Waals surface area contributed by atoms with Crippen LogP contribution in [0.2, 0.25) is 0 Å². The number of pyridine rings is 1. The van der Waals surface area contributed by atoms with Crippen LogP contribution in [0.1, 0.15) is 41.3 Å². The van der Waals surface area contributed by atoms with Gasteiger partial charge in [-0.3, -0.25) is 14.6 Å². The Bertz CT molecular complexity index is 1210. The van der Waals surface area contributed by atoms with Gasteiger partial charge in [-0.1, -0.05) is 25.1 Å². The van der Waals surface area contributed by atoms with Crippen molar-refractivity contribution < 1.29 is 37.0 Å². The van der Waals surface area contributed by atoms with Crippen LogP contribution in [0.3, 0.4) is 0 Å². The first-order valence-corrected chi connectivity index (χ1v) is 11.6. The molecule has 1 amide bonds. The molecule has 37 heavy (non-hydrogen) atoms. The van der Waals surface area contributed by atoms with Gasteiger partial charge in [-0.25, -0.2) is 4.39 Å². The first-order chi connectivity index (χ1) is 17.5. The van der Waals surface area contributed by atoms with E-state index in [2.05, 4.69) is 10.3 Å². The lowest BCUT2D eigenvalue weighted by Crippen LogP contribution is -2.26. The van der Waals surface area contributed by atoms with Crippen LogP contribution in [0.5, 0.6) is 5.75 Å². The number of alkyl halides is 3. The van der Waals surface area contributed by atoms with Gasteiger partial charge in [-0.2, -0.15) is 13.2 Å². The van der Waals surface area contributed by atoms with Crippen molar-refractivity contribution in [2.45, 2.75) is 32.4 Å². The standard InChI is InChI=1S/C27H26F4N2O4/c1-17(2-3-18-4-5-20(14-23(18)28)26(36)32-13-12-25(34)35)16-37-22-10-11-24(33-15-22)19-6-8-21(9-7-19)27(29,30)31/h4-11,14-15,17H,2-3,12-13,16H2,1H3,(H,32,36)(H,34,35). The number of benzene rings is 2. The summed E-state index contributed by atoms with van der Waals surface area (Å²) in [5, 5.41) is 11.0. The molecule has 3 rings (SSSR count). The number of carbonyl (C=O) groups is 2. The second kappa shape index (κ2) is 12.3. The molecule has 10 heteroatoms. The Balaban J connectivity index is 1.46. The number of hydrogen-bond donors (Lipinski definition) is 2. The summed E-state index contributed by atoms with van der Waals surface area (Å²) in [5.74, 6) is -1.50. The Morgan fingerprint density at radius 1 is 1.08 bits per heavy atom. The SMILES string of the molecule is CC(CCc1ccc(C(=O)NCCC(=O)O)cc1F)COc1ccc(-c2ccc(C(F)(F)F)cc2)nc1. The second-order valence-electron chi connectivity index (χ2n) is 8.61. The van der Waals surface area contributed by atoms with Crippen molar-refractivity contribution >= 4 is 11.9 Å². The van der Waals surface area contributed by atoms with Crippen LogP contribution in [0, 0.1) is 11.7 Å². The molecule has 0 aliphatic carbocycles. The molecule has 0 aliphatic heterocycles.